The zero-order chi connectivity index (χ0) is 22.4. The highest BCUT2D eigenvalue weighted by atomic mass is 19.1. The number of nitrogens with one attached hydrogen (secondary N) is 1. The summed E-state index contributed by atoms with van der Waals surface area (Å²) in [6.07, 6.45) is 2.85. The molecule has 0 amide bonds. The highest BCUT2D eigenvalue weighted by Gasteiger charge is 2.42. The van der Waals surface area contributed by atoms with Crippen molar-refractivity contribution in [3.63, 3.8) is 0 Å². The van der Waals surface area contributed by atoms with E-state index in [0.29, 0.717) is 32.4 Å². The van der Waals surface area contributed by atoms with Gasteiger partial charge in [-0.05, 0) is 79.1 Å². The molecule has 0 saturated carbocycles. The van der Waals surface area contributed by atoms with E-state index in [4.69, 9.17) is 9.47 Å². The second-order valence-corrected chi connectivity index (χ2v) is 9.04. The molecule has 0 aromatic heterocycles. The smallest absolute Gasteiger partial charge is 0.123 e. The number of aryl methyl sites for hydroxylation is 1. The fourth-order valence-corrected chi connectivity index (χ4v) is 5.02. The third-order valence-electron chi connectivity index (χ3n) is 6.55. The van der Waals surface area contributed by atoms with Gasteiger partial charge in [-0.25, -0.2) is 4.39 Å². The van der Waals surface area contributed by atoms with Crippen LogP contribution in [0.5, 0.6) is 5.75 Å². The number of benzene rings is 2. The molecule has 0 heterocycles. The van der Waals surface area contributed by atoms with Crippen LogP contribution in [-0.4, -0.2) is 44.1 Å². The minimum absolute atomic E-state index is 0.00801. The Morgan fingerprint density at radius 2 is 2.00 bits per heavy atom. The normalized spacial score (nSPS) is 21.7. The molecule has 0 saturated heterocycles. The summed E-state index contributed by atoms with van der Waals surface area (Å²) in [5, 5.41) is 15.0. The number of halogens is 1. The molecule has 170 valence electrons. The van der Waals surface area contributed by atoms with E-state index in [1.165, 1.54) is 11.6 Å². The van der Waals surface area contributed by atoms with Crippen LogP contribution < -0.4 is 10.1 Å². The van der Waals surface area contributed by atoms with Crippen LogP contribution in [0.4, 0.5) is 4.39 Å². The third kappa shape index (κ3) is 5.85. The van der Waals surface area contributed by atoms with Gasteiger partial charge < -0.3 is 19.9 Å². The first-order valence-corrected chi connectivity index (χ1v) is 11.2. The first kappa shape index (κ1) is 23.7. The SMILES string of the molecule is COc1cccc(CC(CNCCC2(O)CCc3cc(F)ccc3C2C(C)C)OC)c1. The van der Waals surface area contributed by atoms with Gasteiger partial charge in [0.15, 0.2) is 0 Å². The van der Waals surface area contributed by atoms with Crippen molar-refractivity contribution < 1.29 is 19.0 Å². The molecule has 3 rings (SSSR count). The Bertz CT molecular complexity index is 856. The molecular formula is C26H36FNO3. The maximum atomic E-state index is 13.7. The number of fused-ring (bicyclic) bond motifs is 1. The average Bonchev–Trinajstić information content (AvgIpc) is 2.75. The fourth-order valence-electron chi connectivity index (χ4n) is 5.02. The van der Waals surface area contributed by atoms with Crippen LogP contribution in [0.3, 0.4) is 0 Å². The third-order valence-corrected chi connectivity index (χ3v) is 6.55. The molecule has 2 N–H and O–H groups in total. The Balaban J connectivity index is 1.57. The maximum Gasteiger partial charge on any atom is 0.123 e. The summed E-state index contributed by atoms with van der Waals surface area (Å²) in [4.78, 5) is 0. The van der Waals surface area contributed by atoms with Crippen LogP contribution in [0.15, 0.2) is 42.5 Å². The number of rotatable bonds is 10. The van der Waals surface area contributed by atoms with Crippen molar-refractivity contribution in [1.82, 2.24) is 5.32 Å². The molecule has 1 aliphatic rings. The topological polar surface area (TPSA) is 50.7 Å². The predicted octanol–water partition coefficient (Wildman–Crippen LogP) is 4.49. The zero-order valence-electron chi connectivity index (χ0n) is 19.2. The van der Waals surface area contributed by atoms with Crippen LogP contribution in [0, 0.1) is 11.7 Å². The van der Waals surface area contributed by atoms with Gasteiger partial charge >= 0.3 is 0 Å². The van der Waals surface area contributed by atoms with Crippen LogP contribution in [0.2, 0.25) is 0 Å². The average molecular weight is 430 g/mol. The van der Waals surface area contributed by atoms with Gasteiger partial charge in [0.1, 0.15) is 11.6 Å². The number of ether oxygens (including phenoxy) is 2. The van der Waals surface area contributed by atoms with Gasteiger partial charge in [-0.2, -0.15) is 0 Å². The molecule has 5 heteroatoms. The largest absolute Gasteiger partial charge is 0.497 e. The van der Waals surface area contributed by atoms with Crippen molar-refractivity contribution in [2.45, 2.75) is 57.2 Å². The lowest BCUT2D eigenvalue weighted by Crippen LogP contribution is -2.45. The van der Waals surface area contributed by atoms with Gasteiger partial charge in [0.05, 0.1) is 18.8 Å². The van der Waals surface area contributed by atoms with Crippen LogP contribution in [0.25, 0.3) is 0 Å². The second kappa shape index (κ2) is 10.6. The summed E-state index contributed by atoms with van der Waals surface area (Å²) < 4.78 is 24.6. The Morgan fingerprint density at radius 3 is 2.71 bits per heavy atom. The summed E-state index contributed by atoms with van der Waals surface area (Å²) in [6, 6.07) is 13.0. The van der Waals surface area contributed by atoms with Gasteiger partial charge in [0, 0.05) is 19.6 Å². The van der Waals surface area contributed by atoms with Crippen molar-refractivity contribution in [3.05, 3.63) is 65.0 Å². The van der Waals surface area contributed by atoms with Gasteiger partial charge in [0.2, 0.25) is 0 Å². The van der Waals surface area contributed by atoms with E-state index in [1.807, 2.05) is 24.3 Å². The van der Waals surface area contributed by atoms with Crippen LogP contribution in [-0.2, 0) is 17.6 Å². The lowest BCUT2D eigenvalue weighted by Gasteiger charge is -2.44. The molecule has 0 aliphatic heterocycles. The van der Waals surface area contributed by atoms with Crippen molar-refractivity contribution in [3.8, 4) is 5.75 Å². The monoisotopic (exact) mass is 429 g/mol. The first-order chi connectivity index (χ1) is 14.9. The minimum Gasteiger partial charge on any atom is -0.497 e. The van der Waals surface area contributed by atoms with E-state index >= 15 is 0 Å². The number of hydrogen-bond acceptors (Lipinski definition) is 4. The van der Waals surface area contributed by atoms with Crippen molar-refractivity contribution in [2.24, 2.45) is 5.92 Å². The van der Waals surface area contributed by atoms with E-state index in [-0.39, 0.29) is 23.8 Å². The standard InChI is InChI=1S/C26H36FNO3/c1-18(2)25-24-9-8-21(27)16-20(24)10-11-26(25,29)12-13-28-17-23(31-4)15-19-6-5-7-22(14-19)30-3/h5-9,14,16,18,23,25,28-29H,10-13,15,17H2,1-4H3. The Morgan fingerprint density at radius 1 is 1.19 bits per heavy atom. The lowest BCUT2D eigenvalue weighted by molar-refractivity contribution is -0.0248. The first-order valence-electron chi connectivity index (χ1n) is 11.2. The van der Waals surface area contributed by atoms with Gasteiger partial charge in [-0.15, -0.1) is 0 Å². The van der Waals surface area contributed by atoms with Crippen molar-refractivity contribution in [2.75, 3.05) is 27.3 Å². The molecule has 2 aromatic carbocycles. The summed E-state index contributed by atoms with van der Waals surface area (Å²) >= 11 is 0. The highest BCUT2D eigenvalue weighted by molar-refractivity contribution is 5.37. The molecule has 3 atom stereocenters. The molecule has 4 nitrogen and oxygen atoms in total. The molecular weight excluding hydrogens is 393 g/mol. The summed E-state index contributed by atoms with van der Waals surface area (Å²) in [6.45, 7) is 5.68. The Labute approximate surface area is 185 Å². The van der Waals surface area contributed by atoms with Crippen molar-refractivity contribution >= 4 is 0 Å². The van der Waals surface area contributed by atoms with E-state index in [2.05, 4.69) is 25.2 Å². The van der Waals surface area contributed by atoms with Crippen molar-refractivity contribution in [1.29, 1.82) is 0 Å². The highest BCUT2D eigenvalue weighted by Crippen LogP contribution is 2.45. The number of hydrogen-bond donors (Lipinski definition) is 2. The molecule has 0 spiro atoms. The predicted molar refractivity (Wildman–Crippen MR) is 122 cm³/mol. The minimum atomic E-state index is -0.790. The molecule has 0 radical (unpaired) electrons. The Hall–Kier alpha value is -1.95. The fraction of sp³-hybridized carbons (Fsp3) is 0.538. The molecule has 3 unspecified atom stereocenters. The van der Waals surface area contributed by atoms with Crippen LogP contribution >= 0.6 is 0 Å². The molecule has 31 heavy (non-hydrogen) atoms. The van der Waals surface area contributed by atoms with Crippen LogP contribution in [0.1, 0.15) is 49.3 Å². The second-order valence-electron chi connectivity index (χ2n) is 9.04. The van der Waals surface area contributed by atoms with Gasteiger partial charge in [-0.1, -0.05) is 32.0 Å². The molecule has 0 fully saturated rings. The van der Waals surface area contributed by atoms with E-state index in [1.54, 1.807) is 20.3 Å². The Kier molecular flexibility index (Phi) is 8.09. The summed E-state index contributed by atoms with van der Waals surface area (Å²) in [5.74, 6) is 0.928. The van der Waals surface area contributed by atoms with E-state index in [9.17, 15) is 9.50 Å². The summed E-state index contributed by atoms with van der Waals surface area (Å²) in [7, 11) is 3.40. The zero-order valence-corrected chi connectivity index (χ0v) is 19.2. The molecule has 2 aromatic rings. The maximum absolute atomic E-state index is 13.7. The quantitative estimate of drug-likeness (QED) is 0.547. The molecule has 0 bridgehead atoms. The van der Waals surface area contributed by atoms with E-state index < -0.39 is 5.60 Å². The number of aliphatic hydroxyl groups is 1. The lowest BCUT2D eigenvalue weighted by atomic mass is 9.66. The van der Waals surface area contributed by atoms with Gasteiger partial charge in [-0.3, -0.25) is 0 Å². The van der Waals surface area contributed by atoms with Gasteiger partial charge in [0.25, 0.3) is 0 Å². The number of methoxy groups -OCH3 is 2. The van der Waals surface area contributed by atoms with E-state index in [0.717, 1.165) is 23.3 Å². The molecule has 1 aliphatic carbocycles. The summed E-state index contributed by atoms with van der Waals surface area (Å²) in [5.41, 5.74) is 2.51.